The lowest BCUT2D eigenvalue weighted by Gasteiger charge is -2.19. The molecule has 2 amide bonds. The molecule has 0 unspecified atom stereocenters. The van der Waals surface area contributed by atoms with E-state index in [0.717, 1.165) is 11.1 Å². The third kappa shape index (κ3) is 3.47. The number of alkyl carbamates (subject to hydrolysis) is 1. The van der Waals surface area contributed by atoms with Gasteiger partial charge in [-0.1, -0.05) is 12.1 Å². The number of carbonyl (C=O) groups is 2. The van der Waals surface area contributed by atoms with Crippen LogP contribution >= 0.6 is 0 Å². The van der Waals surface area contributed by atoms with Gasteiger partial charge in [-0.3, -0.25) is 4.79 Å². The molecule has 0 spiro atoms. The van der Waals surface area contributed by atoms with Crippen molar-refractivity contribution >= 4 is 12.0 Å². The Kier molecular flexibility index (Phi) is 3.46. The van der Waals surface area contributed by atoms with Crippen molar-refractivity contribution in [2.45, 2.75) is 39.5 Å². The maximum atomic E-state index is 11.5. The monoisotopic (exact) mass is 262 g/mol. The van der Waals surface area contributed by atoms with Crippen molar-refractivity contribution in [3.05, 3.63) is 34.9 Å². The maximum absolute atomic E-state index is 11.5. The third-order valence-corrected chi connectivity index (χ3v) is 2.69. The van der Waals surface area contributed by atoms with Crippen LogP contribution in [0.15, 0.2) is 18.2 Å². The van der Waals surface area contributed by atoms with Crippen LogP contribution < -0.4 is 10.6 Å². The van der Waals surface area contributed by atoms with E-state index in [1.54, 1.807) is 6.07 Å². The van der Waals surface area contributed by atoms with Gasteiger partial charge in [0.25, 0.3) is 5.91 Å². The van der Waals surface area contributed by atoms with E-state index in [-0.39, 0.29) is 5.91 Å². The Morgan fingerprint density at radius 1 is 1.42 bits per heavy atom. The molecule has 0 radical (unpaired) electrons. The van der Waals surface area contributed by atoms with Crippen LogP contribution in [-0.2, 0) is 17.8 Å². The van der Waals surface area contributed by atoms with Crippen LogP contribution in [0, 0.1) is 0 Å². The molecular weight excluding hydrogens is 244 g/mol. The van der Waals surface area contributed by atoms with Crippen molar-refractivity contribution in [3.8, 4) is 0 Å². The van der Waals surface area contributed by atoms with Crippen LogP contribution in [-0.4, -0.2) is 17.6 Å². The number of nitrogens with one attached hydrogen (secondary N) is 2. The van der Waals surface area contributed by atoms with Crippen LogP contribution in [0.4, 0.5) is 4.79 Å². The van der Waals surface area contributed by atoms with Gasteiger partial charge in [-0.05, 0) is 38.0 Å². The van der Waals surface area contributed by atoms with Gasteiger partial charge in [-0.2, -0.15) is 0 Å². The number of amides is 2. The molecule has 1 aromatic rings. The minimum Gasteiger partial charge on any atom is -0.444 e. The Bertz CT molecular complexity index is 518. The summed E-state index contributed by atoms with van der Waals surface area (Å²) >= 11 is 0. The molecule has 2 N–H and O–H groups in total. The van der Waals surface area contributed by atoms with Crippen molar-refractivity contribution in [2.24, 2.45) is 0 Å². The normalized spacial score (nSPS) is 13.7. The van der Waals surface area contributed by atoms with E-state index in [0.29, 0.717) is 18.7 Å². The lowest BCUT2D eigenvalue weighted by Crippen LogP contribution is -2.32. The molecule has 1 heterocycles. The zero-order chi connectivity index (χ0) is 14.0. The lowest BCUT2D eigenvalue weighted by molar-refractivity contribution is 0.0523. The van der Waals surface area contributed by atoms with Crippen LogP contribution in [0.1, 0.15) is 42.3 Å². The van der Waals surface area contributed by atoms with Gasteiger partial charge in [0.2, 0.25) is 0 Å². The molecular formula is C14H18N2O3. The Balaban J connectivity index is 1.96. The van der Waals surface area contributed by atoms with Crippen LogP contribution in [0.5, 0.6) is 0 Å². The van der Waals surface area contributed by atoms with Gasteiger partial charge in [0.1, 0.15) is 5.60 Å². The highest BCUT2D eigenvalue weighted by Gasteiger charge is 2.19. The molecule has 0 bridgehead atoms. The van der Waals surface area contributed by atoms with Gasteiger partial charge in [0, 0.05) is 18.7 Å². The van der Waals surface area contributed by atoms with E-state index in [4.69, 9.17) is 4.74 Å². The first-order valence-corrected chi connectivity index (χ1v) is 6.22. The molecule has 1 aliphatic heterocycles. The lowest BCUT2D eigenvalue weighted by atomic mass is 10.1. The highest BCUT2D eigenvalue weighted by Crippen LogP contribution is 2.17. The predicted molar refractivity (Wildman–Crippen MR) is 70.7 cm³/mol. The van der Waals surface area contributed by atoms with Gasteiger partial charge < -0.3 is 15.4 Å². The first-order chi connectivity index (χ1) is 8.85. The predicted octanol–water partition coefficient (Wildman–Crippen LogP) is 1.95. The maximum Gasteiger partial charge on any atom is 0.407 e. The number of carbonyl (C=O) groups excluding carboxylic acids is 2. The molecule has 0 saturated heterocycles. The summed E-state index contributed by atoms with van der Waals surface area (Å²) in [7, 11) is 0. The van der Waals surface area contributed by atoms with Crippen molar-refractivity contribution in [1.29, 1.82) is 0 Å². The minimum atomic E-state index is -0.512. The first-order valence-electron chi connectivity index (χ1n) is 6.22. The second-order valence-electron chi connectivity index (χ2n) is 5.53. The summed E-state index contributed by atoms with van der Waals surface area (Å²) in [6.07, 6.45) is -0.461. The highest BCUT2D eigenvalue weighted by molar-refractivity contribution is 5.98. The van der Waals surface area contributed by atoms with E-state index in [1.807, 2.05) is 32.9 Å². The molecule has 0 saturated carbocycles. The number of fused-ring (bicyclic) bond motifs is 1. The summed E-state index contributed by atoms with van der Waals surface area (Å²) in [5, 5.41) is 5.43. The van der Waals surface area contributed by atoms with Gasteiger partial charge in [0.05, 0.1) is 0 Å². The summed E-state index contributed by atoms with van der Waals surface area (Å²) in [5.74, 6) is -0.0610. The van der Waals surface area contributed by atoms with E-state index < -0.39 is 11.7 Å². The molecule has 19 heavy (non-hydrogen) atoms. The SMILES string of the molecule is CC(C)(C)OC(=O)NCc1ccc2c(c1)C(=O)NC2. The summed E-state index contributed by atoms with van der Waals surface area (Å²) in [4.78, 5) is 23.0. The fraction of sp³-hybridized carbons (Fsp3) is 0.429. The molecule has 102 valence electrons. The van der Waals surface area contributed by atoms with Gasteiger partial charge >= 0.3 is 6.09 Å². The number of rotatable bonds is 2. The Morgan fingerprint density at radius 2 is 2.16 bits per heavy atom. The van der Waals surface area contributed by atoms with Gasteiger partial charge in [-0.15, -0.1) is 0 Å². The van der Waals surface area contributed by atoms with Crippen molar-refractivity contribution < 1.29 is 14.3 Å². The molecule has 1 aliphatic rings. The van der Waals surface area contributed by atoms with Gasteiger partial charge in [0.15, 0.2) is 0 Å². The van der Waals surface area contributed by atoms with Crippen molar-refractivity contribution in [1.82, 2.24) is 10.6 Å². The third-order valence-electron chi connectivity index (χ3n) is 2.69. The second kappa shape index (κ2) is 4.91. The molecule has 5 heteroatoms. The summed E-state index contributed by atoms with van der Waals surface area (Å²) in [6.45, 7) is 6.36. The average Bonchev–Trinajstić information content (AvgIpc) is 2.66. The quantitative estimate of drug-likeness (QED) is 0.856. The molecule has 5 nitrogen and oxygen atoms in total. The number of hydrogen-bond donors (Lipinski definition) is 2. The topological polar surface area (TPSA) is 67.4 Å². The molecule has 0 aliphatic carbocycles. The van der Waals surface area contributed by atoms with Crippen LogP contribution in [0.2, 0.25) is 0 Å². The fourth-order valence-corrected chi connectivity index (χ4v) is 1.86. The Labute approximate surface area is 112 Å². The second-order valence-corrected chi connectivity index (χ2v) is 5.53. The number of benzene rings is 1. The molecule has 0 fully saturated rings. The Hall–Kier alpha value is -2.04. The van der Waals surface area contributed by atoms with Gasteiger partial charge in [-0.25, -0.2) is 4.79 Å². The summed E-state index contributed by atoms with van der Waals surface area (Å²) < 4.78 is 5.14. The standard InChI is InChI=1S/C14H18N2O3/c1-14(2,3)19-13(18)16-7-9-4-5-10-8-15-12(17)11(10)6-9/h4-6H,7-8H2,1-3H3,(H,15,17)(H,16,18). The minimum absolute atomic E-state index is 0.0610. The molecule has 0 aromatic heterocycles. The zero-order valence-electron chi connectivity index (χ0n) is 11.4. The number of hydrogen-bond acceptors (Lipinski definition) is 3. The Morgan fingerprint density at radius 3 is 2.84 bits per heavy atom. The highest BCUT2D eigenvalue weighted by atomic mass is 16.6. The fourth-order valence-electron chi connectivity index (χ4n) is 1.86. The zero-order valence-corrected chi connectivity index (χ0v) is 11.4. The summed E-state index contributed by atoms with van der Waals surface area (Å²) in [6, 6.07) is 5.60. The average molecular weight is 262 g/mol. The first kappa shape index (κ1) is 13.4. The van der Waals surface area contributed by atoms with Crippen molar-refractivity contribution in [3.63, 3.8) is 0 Å². The summed E-state index contributed by atoms with van der Waals surface area (Å²) in [5.41, 5.74) is 2.04. The van der Waals surface area contributed by atoms with Crippen LogP contribution in [0.3, 0.4) is 0 Å². The molecule has 1 aromatic carbocycles. The van der Waals surface area contributed by atoms with E-state index >= 15 is 0 Å². The molecule has 0 atom stereocenters. The van der Waals surface area contributed by atoms with E-state index in [9.17, 15) is 9.59 Å². The molecule has 2 rings (SSSR count). The number of ether oxygens (including phenoxy) is 1. The smallest absolute Gasteiger partial charge is 0.407 e. The van der Waals surface area contributed by atoms with Crippen LogP contribution in [0.25, 0.3) is 0 Å². The van der Waals surface area contributed by atoms with Crippen molar-refractivity contribution in [2.75, 3.05) is 0 Å². The largest absolute Gasteiger partial charge is 0.444 e. The van der Waals surface area contributed by atoms with E-state index in [2.05, 4.69) is 10.6 Å². The van der Waals surface area contributed by atoms with E-state index in [1.165, 1.54) is 0 Å².